The number of methoxy groups -OCH3 is 1. The van der Waals surface area contributed by atoms with Gasteiger partial charge in [-0.3, -0.25) is 4.79 Å². The van der Waals surface area contributed by atoms with Crippen molar-refractivity contribution in [1.82, 2.24) is 20.2 Å². The monoisotopic (exact) mass is 290 g/mol. The van der Waals surface area contributed by atoms with E-state index in [9.17, 15) is 4.79 Å². The Kier molecular flexibility index (Phi) is 5.71. The van der Waals surface area contributed by atoms with Gasteiger partial charge in [0.05, 0.1) is 6.61 Å². The standard InChI is InChI=1S/C15H22N4O2/c1-3-16-9-12-10-19(11-14(20)17-7-8-21-2)15-13(12)5-4-6-18-15/h4-6,10,16H,3,7-9,11H2,1-2H3,(H,17,20). The van der Waals surface area contributed by atoms with E-state index in [1.165, 1.54) is 0 Å². The maximum atomic E-state index is 11.9. The number of ether oxygens (including phenoxy) is 1. The molecular weight excluding hydrogens is 268 g/mol. The number of nitrogens with one attached hydrogen (secondary N) is 2. The minimum atomic E-state index is -0.0374. The molecule has 0 saturated carbocycles. The van der Waals surface area contributed by atoms with Crippen LogP contribution in [0.15, 0.2) is 24.5 Å². The molecule has 0 unspecified atom stereocenters. The zero-order valence-corrected chi connectivity index (χ0v) is 12.6. The average molecular weight is 290 g/mol. The Balaban J connectivity index is 2.13. The van der Waals surface area contributed by atoms with Crippen LogP contribution in [-0.4, -0.2) is 42.3 Å². The molecule has 2 aromatic rings. The molecule has 0 saturated heterocycles. The van der Waals surface area contributed by atoms with E-state index in [1.54, 1.807) is 13.3 Å². The van der Waals surface area contributed by atoms with Crippen molar-refractivity contribution in [1.29, 1.82) is 0 Å². The summed E-state index contributed by atoms with van der Waals surface area (Å²) in [5.41, 5.74) is 2.00. The lowest BCUT2D eigenvalue weighted by atomic mass is 10.2. The summed E-state index contributed by atoms with van der Waals surface area (Å²) in [6.07, 6.45) is 3.74. The second-order valence-electron chi connectivity index (χ2n) is 4.78. The number of carbonyl (C=O) groups excluding carboxylic acids is 1. The highest BCUT2D eigenvalue weighted by atomic mass is 16.5. The van der Waals surface area contributed by atoms with Crippen molar-refractivity contribution in [2.75, 3.05) is 26.8 Å². The van der Waals surface area contributed by atoms with Crippen molar-refractivity contribution in [2.45, 2.75) is 20.0 Å². The Morgan fingerprint density at radius 1 is 1.48 bits per heavy atom. The molecule has 0 aliphatic rings. The molecule has 0 radical (unpaired) electrons. The van der Waals surface area contributed by atoms with E-state index >= 15 is 0 Å². The molecule has 0 spiro atoms. The van der Waals surface area contributed by atoms with Crippen LogP contribution in [0.3, 0.4) is 0 Å². The largest absolute Gasteiger partial charge is 0.383 e. The summed E-state index contributed by atoms with van der Waals surface area (Å²) in [7, 11) is 1.61. The third-order valence-electron chi connectivity index (χ3n) is 3.22. The molecule has 1 amide bonds. The number of hydrogen-bond acceptors (Lipinski definition) is 4. The maximum absolute atomic E-state index is 11.9. The molecule has 2 rings (SSSR count). The predicted octanol–water partition coefficient (Wildman–Crippen LogP) is 0.908. The van der Waals surface area contributed by atoms with Crippen LogP contribution in [0.5, 0.6) is 0 Å². The van der Waals surface area contributed by atoms with E-state index in [0.717, 1.165) is 29.7 Å². The van der Waals surface area contributed by atoms with E-state index in [1.807, 2.05) is 22.9 Å². The van der Waals surface area contributed by atoms with Crippen LogP contribution in [0.25, 0.3) is 11.0 Å². The van der Waals surface area contributed by atoms with Gasteiger partial charge in [-0.05, 0) is 24.2 Å². The lowest BCUT2D eigenvalue weighted by Crippen LogP contribution is -2.30. The summed E-state index contributed by atoms with van der Waals surface area (Å²) in [4.78, 5) is 16.3. The molecule has 0 aliphatic heterocycles. The lowest BCUT2D eigenvalue weighted by molar-refractivity contribution is -0.121. The Labute approximate surface area is 124 Å². The SMILES string of the molecule is CCNCc1cn(CC(=O)NCCOC)c2ncccc12. The van der Waals surface area contributed by atoms with Gasteiger partial charge in [0.15, 0.2) is 0 Å². The van der Waals surface area contributed by atoms with Gasteiger partial charge in [0.2, 0.25) is 5.91 Å². The second-order valence-corrected chi connectivity index (χ2v) is 4.78. The smallest absolute Gasteiger partial charge is 0.240 e. The number of fused-ring (bicyclic) bond motifs is 1. The average Bonchev–Trinajstić information content (AvgIpc) is 2.84. The molecule has 0 aliphatic carbocycles. The lowest BCUT2D eigenvalue weighted by Gasteiger charge is -2.06. The van der Waals surface area contributed by atoms with Crippen LogP contribution >= 0.6 is 0 Å². The van der Waals surface area contributed by atoms with E-state index in [-0.39, 0.29) is 12.5 Å². The first-order chi connectivity index (χ1) is 10.3. The molecule has 2 aromatic heterocycles. The highest BCUT2D eigenvalue weighted by Gasteiger charge is 2.11. The Hall–Kier alpha value is -1.92. The summed E-state index contributed by atoms with van der Waals surface area (Å²) in [6, 6.07) is 3.95. The van der Waals surface area contributed by atoms with Gasteiger partial charge < -0.3 is 19.9 Å². The summed E-state index contributed by atoms with van der Waals surface area (Å²) in [5, 5.41) is 7.21. The summed E-state index contributed by atoms with van der Waals surface area (Å²) >= 11 is 0. The number of aromatic nitrogens is 2. The van der Waals surface area contributed by atoms with Crippen LogP contribution in [0.4, 0.5) is 0 Å². The number of nitrogens with zero attached hydrogens (tertiary/aromatic N) is 2. The van der Waals surface area contributed by atoms with Crippen molar-refractivity contribution < 1.29 is 9.53 Å². The molecule has 2 heterocycles. The van der Waals surface area contributed by atoms with Crippen molar-refractivity contribution >= 4 is 16.9 Å². The number of rotatable bonds is 8. The first-order valence-electron chi connectivity index (χ1n) is 7.15. The van der Waals surface area contributed by atoms with Crippen LogP contribution in [0, 0.1) is 0 Å². The highest BCUT2D eigenvalue weighted by Crippen LogP contribution is 2.19. The Bertz CT molecular complexity index is 594. The third kappa shape index (κ3) is 4.03. The molecule has 0 atom stereocenters. The fraction of sp³-hybridized carbons (Fsp3) is 0.467. The molecular formula is C15H22N4O2. The molecule has 21 heavy (non-hydrogen) atoms. The molecule has 6 heteroatoms. The van der Waals surface area contributed by atoms with Gasteiger partial charge in [-0.15, -0.1) is 0 Å². The fourth-order valence-electron chi connectivity index (χ4n) is 2.22. The molecule has 0 bridgehead atoms. The molecule has 2 N–H and O–H groups in total. The van der Waals surface area contributed by atoms with E-state index in [0.29, 0.717) is 13.2 Å². The number of pyridine rings is 1. The van der Waals surface area contributed by atoms with E-state index < -0.39 is 0 Å². The van der Waals surface area contributed by atoms with Crippen molar-refractivity contribution in [3.63, 3.8) is 0 Å². The van der Waals surface area contributed by atoms with Crippen LogP contribution in [0.2, 0.25) is 0 Å². The normalized spacial score (nSPS) is 11.0. The first kappa shape index (κ1) is 15.5. The molecule has 0 fully saturated rings. The Morgan fingerprint density at radius 3 is 3.10 bits per heavy atom. The summed E-state index contributed by atoms with van der Waals surface area (Å²) in [6.45, 7) is 5.06. The van der Waals surface area contributed by atoms with Crippen LogP contribution in [0.1, 0.15) is 12.5 Å². The topological polar surface area (TPSA) is 68.2 Å². The zero-order valence-electron chi connectivity index (χ0n) is 12.6. The van der Waals surface area contributed by atoms with Gasteiger partial charge in [0, 0.05) is 38.0 Å². The summed E-state index contributed by atoms with van der Waals surface area (Å²) < 4.78 is 6.81. The third-order valence-corrected chi connectivity index (χ3v) is 3.22. The van der Waals surface area contributed by atoms with Gasteiger partial charge in [0.25, 0.3) is 0 Å². The number of hydrogen-bond donors (Lipinski definition) is 2. The van der Waals surface area contributed by atoms with Gasteiger partial charge in [-0.25, -0.2) is 4.98 Å². The van der Waals surface area contributed by atoms with Gasteiger partial charge in [-0.2, -0.15) is 0 Å². The number of amides is 1. The quantitative estimate of drug-likeness (QED) is 0.709. The Morgan fingerprint density at radius 2 is 2.33 bits per heavy atom. The maximum Gasteiger partial charge on any atom is 0.240 e. The van der Waals surface area contributed by atoms with E-state index in [4.69, 9.17) is 4.74 Å². The molecule has 0 aromatic carbocycles. The predicted molar refractivity (Wildman–Crippen MR) is 82.0 cm³/mol. The van der Waals surface area contributed by atoms with Crippen LogP contribution in [-0.2, 0) is 22.6 Å². The summed E-state index contributed by atoms with van der Waals surface area (Å²) in [5.74, 6) is -0.0374. The zero-order chi connectivity index (χ0) is 15.1. The highest BCUT2D eigenvalue weighted by molar-refractivity contribution is 5.83. The van der Waals surface area contributed by atoms with Crippen LogP contribution < -0.4 is 10.6 Å². The van der Waals surface area contributed by atoms with Crippen molar-refractivity contribution in [2.24, 2.45) is 0 Å². The molecule has 6 nitrogen and oxygen atoms in total. The van der Waals surface area contributed by atoms with Gasteiger partial charge in [0.1, 0.15) is 12.2 Å². The second kappa shape index (κ2) is 7.75. The van der Waals surface area contributed by atoms with Gasteiger partial charge >= 0.3 is 0 Å². The van der Waals surface area contributed by atoms with Crippen molar-refractivity contribution in [3.8, 4) is 0 Å². The van der Waals surface area contributed by atoms with Gasteiger partial charge in [-0.1, -0.05) is 6.92 Å². The molecule has 114 valence electrons. The minimum Gasteiger partial charge on any atom is -0.383 e. The number of carbonyl (C=O) groups is 1. The first-order valence-corrected chi connectivity index (χ1v) is 7.15. The van der Waals surface area contributed by atoms with E-state index in [2.05, 4.69) is 22.5 Å². The minimum absolute atomic E-state index is 0.0374. The van der Waals surface area contributed by atoms with Crippen molar-refractivity contribution in [3.05, 3.63) is 30.1 Å². The fourth-order valence-corrected chi connectivity index (χ4v) is 2.22.